The van der Waals surface area contributed by atoms with Crippen molar-refractivity contribution in [2.75, 3.05) is 37.5 Å². The SMILES string of the molecule is CC(C)(c1nc(-c2cccc3[nH]ccc23)nc2c1OCCC1COCCN21)S(C)(=O)=O. The van der Waals surface area contributed by atoms with Gasteiger partial charge in [0.05, 0.1) is 25.9 Å². The highest BCUT2D eigenvalue weighted by Crippen LogP contribution is 2.43. The molecule has 5 rings (SSSR count). The number of aromatic nitrogens is 3. The highest BCUT2D eigenvalue weighted by atomic mass is 32.2. The Bertz CT molecular complexity index is 1250. The number of H-pyrrole nitrogens is 1. The number of fused-ring (bicyclic) bond motifs is 4. The van der Waals surface area contributed by atoms with E-state index in [1.807, 2.05) is 30.5 Å². The number of nitrogens with zero attached hydrogens (tertiary/aromatic N) is 3. The summed E-state index contributed by atoms with van der Waals surface area (Å²) in [4.78, 5) is 15.2. The van der Waals surface area contributed by atoms with Gasteiger partial charge in [0.15, 0.2) is 27.2 Å². The van der Waals surface area contributed by atoms with Crippen molar-refractivity contribution in [3.05, 3.63) is 36.2 Å². The fourth-order valence-electron chi connectivity index (χ4n) is 4.22. The minimum Gasteiger partial charge on any atom is -0.488 e. The van der Waals surface area contributed by atoms with Gasteiger partial charge in [0.1, 0.15) is 10.4 Å². The monoisotopic (exact) mass is 442 g/mol. The van der Waals surface area contributed by atoms with Gasteiger partial charge < -0.3 is 19.4 Å². The topological polar surface area (TPSA) is 97.4 Å². The quantitative estimate of drug-likeness (QED) is 0.666. The summed E-state index contributed by atoms with van der Waals surface area (Å²) in [6, 6.07) is 8.01. The fraction of sp³-hybridized carbons (Fsp3) is 0.455. The van der Waals surface area contributed by atoms with Crippen molar-refractivity contribution in [2.24, 2.45) is 0 Å². The van der Waals surface area contributed by atoms with Crippen LogP contribution in [0.4, 0.5) is 5.82 Å². The van der Waals surface area contributed by atoms with E-state index < -0.39 is 14.6 Å². The summed E-state index contributed by atoms with van der Waals surface area (Å²) in [5.41, 5.74) is 2.22. The molecule has 164 valence electrons. The van der Waals surface area contributed by atoms with Crippen LogP contribution in [0.5, 0.6) is 5.75 Å². The lowest BCUT2D eigenvalue weighted by atomic mass is 10.1. The third-order valence-electron chi connectivity index (χ3n) is 6.38. The molecular weight excluding hydrogens is 416 g/mol. The van der Waals surface area contributed by atoms with Crippen LogP contribution in [0.3, 0.4) is 0 Å². The molecule has 1 atom stereocenters. The van der Waals surface area contributed by atoms with Crippen LogP contribution < -0.4 is 9.64 Å². The van der Waals surface area contributed by atoms with Gasteiger partial charge >= 0.3 is 0 Å². The molecule has 31 heavy (non-hydrogen) atoms. The van der Waals surface area contributed by atoms with Crippen LogP contribution in [0, 0.1) is 0 Å². The first-order valence-electron chi connectivity index (χ1n) is 10.4. The second kappa shape index (κ2) is 7.20. The van der Waals surface area contributed by atoms with Crippen LogP contribution in [0.2, 0.25) is 0 Å². The van der Waals surface area contributed by atoms with Gasteiger partial charge in [0, 0.05) is 41.9 Å². The Morgan fingerprint density at radius 3 is 2.84 bits per heavy atom. The van der Waals surface area contributed by atoms with Crippen LogP contribution in [-0.4, -0.2) is 62.0 Å². The van der Waals surface area contributed by atoms with Crippen molar-refractivity contribution in [3.63, 3.8) is 0 Å². The van der Waals surface area contributed by atoms with Crippen molar-refractivity contribution in [1.82, 2.24) is 15.0 Å². The first kappa shape index (κ1) is 20.3. The van der Waals surface area contributed by atoms with E-state index in [-0.39, 0.29) is 6.04 Å². The van der Waals surface area contributed by atoms with E-state index in [4.69, 9.17) is 19.4 Å². The number of aromatic amines is 1. The number of rotatable bonds is 3. The molecule has 9 heteroatoms. The molecule has 2 aromatic heterocycles. The Morgan fingerprint density at radius 1 is 1.19 bits per heavy atom. The van der Waals surface area contributed by atoms with Crippen LogP contribution in [-0.2, 0) is 19.3 Å². The van der Waals surface area contributed by atoms with Crippen molar-refractivity contribution >= 4 is 26.6 Å². The zero-order valence-electron chi connectivity index (χ0n) is 17.9. The summed E-state index contributed by atoms with van der Waals surface area (Å²) >= 11 is 0. The summed E-state index contributed by atoms with van der Waals surface area (Å²) in [5, 5.41) is 0.985. The first-order valence-corrected chi connectivity index (χ1v) is 12.3. The molecule has 3 aromatic rings. The first-order chi connectivity index (χ1) is 14.8. The van der Waals surface area contributed by atoms with Gasteiger partial charge in [-0.2, -0.15) is 0 Å². The van der Waals surface area contributed by atoms with E-state index in [0.29, 0.717) is 49.5 Å². The molecule has 2 aliphatic heterocycles. The van der Waals surface area contributed by atoms with E-state index in [9.17, 15) is 8.42 Å². The summed E-state index contributed by atoms with van der Waals surface area (Å²) in [6.45, 7) is 5.67. The minimum atomic E-state index is -3.48. The number of benzene rings is 1. The highest BCUT2D eigenvalue weighted by molar-refractivity contribution is 7.91. The minimum absolute atomic E-state index is 0.134. The summed E-state index contributed by atoms with van der Waals surface area (Å²) < 4.78 is 36.1. The molecule has 1 fully saturated rings. The third kappa shape index (κ3) is 3.27. The highest BCUT2D eigenvalue weighted by Gasteiger charge is 2.41. The van der Waals surface area contributed by atoms with Crippen molar-refractivity contribution in [2.45, 2.75) is 31.1 Å². The van der Waals surface area contributed by atoms with E-state index >= 15 is 0 Å². The summed E-state index contributed by atoms with van der Waals surface area (Å²) in [6.07, 6.45) is 3.89. The molecule has 4 heterocycles. The zero-order valence-corrected chi connectivity index (χ0v) is 18.7. The molecule has 0 radical (unpaired) electrons. The van der Waals surface area contributed by atoms with Crippen LogP contribution in [0.1, 0.15) is 26.0 Å². The number of hydrogen-bond donors (Lipinski definition) is 1. The molecule has 2 aliphatic rings. The fourth-order valence-corrected chi connectivity index (χ4v) is 4.71. The maximum atomic E-state index is 12.8. The Labute approximate surface area is 181 Å². The Morgan fingerprint density at radius 2 is 2.03 bits per heavy atom. The van der Waals surface area contributed by atoms with Crippen LogP contribution in [0.25, 0.3) is 22.3 Å². The molecule has 0 aliphatic carbocycles. The lowest BCUT2D eigenvalue weighted by molar-refractivity contribution is 0.0894. The lowest BCUT2D eigenvalue weighted by Crippen LogP contribution is -2.46. The summed E-state index contributed by atoms with van der Waals surface area (Å²) in [5.74, 6) is 1.60. The van der Waals surface area contributed by atoms with E-state index in [0.717, 1.165) is 22.9 Å². The van der Waals surface area contributed by atoms with Gasteiger partial charge in [-0.1, -0.05) is 12.1 Å². The molecule has 0 amide bonds. The molecule has 0 bridgehead atoms. The number of nitrogens with one attached hydrogen (secondary N) is 1. The molecular formula is C22H26N4O4S. The van der Waals surface area contributed by atoms with E-state index in [1.54, 1.807) is 13.8 Å². The van der Waals surface area contributed by atoms with Gasteiger partial charge in [-0.3, -0.25) is 0 Å². The molecule has 0 saturated carbocycles. The number of sulfone groups is 1. The predicted octanol–water partition coefficient (Wildman–Crippen LogP) is 2.89. The molecule has 0 spiro atoms. The van der Waals surface area contributed by atoms with Crippen molar-refractivity contribution in [1.29, 1.82) is 0 Å². The van der Waals surface area contributed by atoms with Crippen molar-refractivity contribution in [3.8, 4) is 17.1 Å². The maximum Gasteiger partial charge on any atom is 0.185 e. The van der Waals surface area contributed by atoms with Gasteiger partial charge in [-0.25, -0.2) is 18.4 Å². The number of hydrogen-bond acceptors (Lipinski definition) is 7. The molecule has 8 nitrogen and oxygen atoms in total. The normalized spacial score (nSPS) is 19.5. The Balaban J connectivity index is 1.81. The average molecular weight is 443 g/mol. The Hall–Kier alpha value is -2.65. The third-order valence-corrected chi connectivity index (χ3v) is 8.43. The number of morpholine rings is 1. The molecule has 1 saturated heterocycles. The smallest absolute Gasteiger partial charge is 0.185 e. The number of anilines is 1. The average Bonchev–Trinajstić information content (AvgIpc) is 3.14. The maximum absolute atomic E-state index is 12.8. The Kier molecular flexibility index (Phi) is 4.71. The second-order valence-corrected chi connectivity index (χ2v) is 11.2. The number of ether oxygens (including phenoxy) is 2. The molecule has 1 unspecified atom stereocenters. The zero-order chi connectivity index (χ0) is 21.8. The summed E-state index contributed by atoms with van der Waals surface area (Å²) in [7, 11) is -3.48. The van der Waals surface area contributed by atoms with Crippen LogP contribution in [0.15, 0.2) is 30.5 Å². The van der Waals surface area contributed by atoms with Gasteiger partial charge in [-0.15, -0.1) is 0 Å². The largest absolute Gasteiger partial charge is 0.488 e. The van der Waals surface area contributed by atoms with Crippen molar-refractivity contribution < 1.29 is 17.9 Å². The standard InChI is InChI=1S/C22H26N4O4S/c1-22(2,31(3,27)28)19-18-21(26-10-12-29-13-14(26)8-11-30-18)25-20(24-19)16-5-4-6-17-15(16)7-9-23-17/h4-7,9,14,23H,8,10-13H2,1-3H3. The molecule has 1 N–H and O–H groups in total. The predicted molar refractivity (Wildman–Crippen MR) is 119 cm³/mol. The molecule has 1 aromatic carbocycles. The van der Waals surface area contributed by atoms with Gasteiger partial charge in [0.25, 0.3) is 0 Å². The van der Waals surface area contributed by atoms with Crippen LogP contribution >= 0.6 is 0 Å². The van der Waals surface area contributed by atoms with Gasteiger partial charge in [-0.05, 0) is 26.0 Å². The van der Waals surface area contributed by atoms with E-state index in [2.05, 4.69) is 9.88 Å². The second-order valence-electron chi connectivity index (χ2n) is 8.63. The van der Waals surface area contributed by atoms with E-state index in [1.165, 1.54) is 6.26 Å². The van der Waals surface area contributed by atoms with Gasteiger partial charge in [0.2, 0.25) is 0 Å². The lowest BCUT2D eigenvalue weighted by Gasteiger charge is -2.35.